The lowest BCUT2D eigenvalue weighted by atomic mass is 9.92. The van der Waals surface area contributed by atoms with Gasteiger partial charge < -0.3 is 4.98 Å². The second-order valence-corrected chi connectivity index (χ2v) is 8.63. The number of nitrogens with zero attached hydrogens (tertiary/aromatic N) is 2. The van der Waals surface area contributed by atoms with Crippen molar-refractivity contribution in [1.29, 1.82) is 0 Å². The largest absolute Gasteiger partial charge is 0.309 e. The van der Waals surface area contributed by atoms with Crippen molar-refractivity contribution in [3.05, 3.63) is 26.6 Å². The van der Waals surface area contributed by atoms with Gasteiger partial charge in [-0.2, -0.15) is 0 Å². The second-order valence-electron chi connectivity index (χ2n) is 7.54. The number of aryl methyl sites for hydroxylation is 2. The van der Waals surface area contributed by atoms with Crippen LogP contribution in [0.4, 0.5) is 0 Å². The van der Waals surface area contributed by atoms with Crippen molar-refractivity contribution in [3.63, 3.8) is 0 Å². The third-order valence-corrected chi connectivity index (χ3v) is 6.38. The summed E-state index contributed by atoms with van der Waals surface area (Å²) < 4.78 is 0. The van der Waals surface area contributed by atoms with E-state index in [2.05, 4.69) is 23.7 Å². The zero-order valence-electron chi connectivity index (χ0n) is 14.0. The van der Waals surface area contributed by atoms with Gasteiger partial charge in [0.25, 0.3) is 5.56 Å². The molecule has 2 aromatic heterocycles. The first kappa shape index (κ1) is 15.3. The van der Waals surface area contributed by atoms with Crippen molar-refractivity contribution >= 4 is 21.6 Å². The minimum atomic E-state index is 0.0718. The quantitative estimate of drug-likeness (QED) is 0.918. The SMILES string of the molecule is C[C@@H]1C[C@@H](C)CN(Cc2nc3sc4c(c3c(=O)[nH]2)CCCC4)C1. The number of aromatic nitrogens is 2. The summed E-state index contributed by atoms with van der Waals surface area (Å²) in [6.45, 7) is 7.60. The Morgan fingerprint density at radius 3 is 2.74 bits per heavy atom. The van der Waals surface area contributed by atoms with E-state index in [1.165, 1.54) is 29.7 Å². The Labute approximate surface area is 140 Å². The molecule has 1 fully saturated rings. The molecule has 2 atom stereocenters. The van der Waals surface area contributed by atoms with E-state index in [4.69, 9.17) is 4.98 Å². The van der Waals surface area contributed by atoms with Gasteiger partial charge in [0.05, 0.1) is 11.9 Å². The Bertz CT molecular complexity index is 768. The van der Waals surface area contributed by atoms with E-state index >= 15 is 0 Å². The maximum Gasteiger partial charge on any atom is 0.259 e. The van der Waals surface area contributed by atoms with Gasteiger partial charge in [-0.05, 0) is 49.5 Å². The molecule has 4 nitrogen and oxygen atoms in total. The summed E-state index contributed by atoms with van der Waals surface area (Å²) in [5.74, 6) is 2.29. The lowest BCUT2D eigenvalue weighted by molar-refractivity contribution is 0.131. The molecular weight excluding hydrogens is 306 g/mol. The minimum Gasteiger partial charge on any atom is -0.309 e. The molecule has 1 saturated heterocycles. The molecule has 2 aromatic rings. The lowest BCUT2D eigenvalue weighted by Crippen LogP contribution is -2.38. The topological polar surface area (TPSA) is 49.0 Å². The van der Waals surface area contributed by atoms with Crippen LogP contribution in [0, 0.1) is 11.8 Å². The van der Waals surface area contributed by atoms with Crippen LogP contribution in [0.2, 0.25) is 0 Å². The predicted octanol–water partition coefficient (Wildman–Crippen LogP) is 3.34. The van der Waals surface area contributed by atoms with E-state index < -0.39 is 0 Å². The van der Waals surface area contributed by atoms with Gasteiger partial charge in [0.15, 0.2) is 0 Å². The molecule has 1 N–H and O–H groups in total. The number of nitrogens with one attached hydrogen (secondary N) is 1. The predicted molar refractivity (Wildman–Crippen MR) is 95.1 cm³/mol. The van der Waals surface area contributed by atoms with Crippen molar-refractivity contribution in [2.24, 2.45) is 11.8 Å². The average Bonchev–Trinajstić information content (AvgIpc) is 2.84. The number of hydrogen-bond acceptors (Lipinski definition) is 4. The first-order valence-corrected chi connectivity index (χ1v) is 9.67. The summed E-state index contributed by atoms with van der Waals surface area (Å²) >= 11 is 1.74. The van der Waals surface area contributed by atoms with Crippen molar-refractivity contribution in [1.82, 2.24) is 14.9 Å². The smallest absolute Gasteiger partial charge is 0.259 e. The number of H-pyrrole nitrogens is 1. The van der Waals surface area contributed by atoms with Gasteiger partial charge in [-0.15, -0.1) is 11.3 Å². The summed E-state index contributed by atoms with van der Waals surface area (Å²) in [5, 5.41) is 0.869. The van der Waals surface area contributed by atoms with E-state index in [9.17, 15) is 4.79 Å². The van der Waals surface area contributed by atoms with Crippen LogP contribution >= 0.6 is 11.3 Å². The van der Waals surface area contributed by atoms with Crippen LogP contribution in [-0.2, 0) is 19.4 Å². The summed E-state index contributed by atoms with van der Waals surface area (Å²) in [6, 6.07) is 0. The van der Waals surface area contributed by atoms with Gasteiger partial charge >= 0.3 is 0 Å². The highest BCUT2D eigenvalue weighted by atomic mass is 32.1. The summed E-state index contributed by atoms with van der Waals surface area (Å²) in [6.07, 6.45) is 5.90. The number of fused-ring (bicyclic) bond motifs is 3. The fourth-order valence-electron chi connectivity index (χ4n) is 4.42. The van der Waals surface area contributed by atoms with E-state index in [0.29, 0.717) is 0 Å². The van der Waals surface area contributed by atoms with Gasteiger partial charge in [0, 0.05) is 18.0 Å². The first-order chi connectivity index (χ1) is 11.1. The van der Waals surface area contributed by atoms with Gasteiger partial charge in [0.1, 0.15) is 10.7 Å². The fourth-order valence-corrected chi connectivity index (χ4v) is 5.70. The standard InChI is InChI=1S/C18H25N3OS/c1-11-7-12(2)9-21(8-11)10-15-19-17(22)16-13-5-3-4-6-14(13)23-18(16)20-15/h11-12H,3-10H2,1-2H3,(H,19,20,22)/t11-,12-/m1/s1. The summed E-state index contributed by atoms with van der Waals surface area (Å²) in [7, 11) is 0. The highest BCUT2D eigenvalue weighted by molar-refractivity contribution is 7.18. The number of rotatable bonds is 2. The Morgan fingerprint density at radius 1 is 1.22 bits per heavy atom. The number of likely N-dealkylation sites (tertiary alicyclic amines) is 1. The molecule has 1 aliphatic heterocycles. The normalized spacial score (nSPS) is 25.7. The van der Waals surface area contributed by atoms with Gasteiger partial charge in [0.2, 0.25) is 0 Å². The van der Waals surface area contributed by atoms with Crippen LogP contribution in [0.25, 0.3) is 10.2 Å². The number of hydrogen-bond donors (Lipinski definition) is 1. The minimum absolute atomic E-state index is 0.0718. The second kappa shape index (κ2) is 6.02. The average molecular weight is 331 g/mol. The van der Waals surface area contributed by atoms with Crippen LogP contribution in [0.1, 0.15) is 49.4 Å². The Hall–Kier alpha value is -1.20. The highest BCUT2D eigenvalue weighted by Gasteiger charge is 2.24. The van der Waals surface area contributed by atoms with Crippen molar-refractivity contribution in [3.8, 4) is 0 Å². The van der Waals surface area contributed by atoms with Gasteiger partial charge in [-0.1, -0.05) is 13.8 Å². The van der Waals surface area contributed by atoms with Crippen LogP contribution in [0.15, 0.2) is 4.79 Å². The number of thiophene rings is 1. The molecule has 23 heavy (non-hydrogen) atoms. The third kappa shape index (κ3) is 2.96. The summed E-state index contributed by atoms with van der Waals surface area (Å²) in [5.41, 5.74) is 1.35. The van der Waals surface area contributed by atoms with Gasteiger partial charge in [-0.3, -0.25) is 9.69 Å². The van der Waals surface area contributed by atoms with Crippen LogP contribution in [0.3, 0.4) is 0 Å². The number of aromatic amines is 1. The van der Waals surface area contributed by atoms with E-state index in [1.54, 1.807) is 11.3 Å². The first-order valence-electron chi connectivity index (χ1n) is 8.86. The maximum atomic E-state index is 12.6. The zero-order valence-corrected chi connectivity index (χ0v) is 14.8. The van der Waals surface area contributed by atoms with E-state index in [0.717, 1.165) is 60.4 Å². The molecule has 0 spiro atoms. The molecule has 5 heteroatoms. The molecular formula is C18H25N3OS. The molecule has 3 heterocycles. The molecule has 0 saturated carbocycles. The maximum absolute atomic E-state index is 12.6. The molecule has 4 rings (SSSR count). The lowest BCUT2D eigenvalue weighted by Gasteiger charge is -2.34. The monoisotopic (exact) mass is 331 g/mol. The molecule has 0 aromatic carbocycles. The van der Waals surface area contributed by atoms with Crippen LogP contribution < -0.4 is 5.56 Å². The molecule has 0 radical (unpaired) electrons. The van der Waals surface area contributed by atoms with Crippen molar-refractivity contribution in [2.75, 3.05) is 13.1 Å². The Kier molecular flexibility index (Phi) is 4.01. The fraction of sp³-hybridized carbons (Fsp3) is 0.667. The van der Waals surface area contributed by atoms with Crippen LogP contribution in [0.5, 0.6) is 0 Å². The third-order valence-electron chi connectivity index (χ3n) is 5.19. The van der Waals surface area contributed by atoms with Crippen molar-refractivity contribution < 1.29 is 0 Å². The molecule has 2 aliphatic rings. The molecule has 0 amide bonds. The summed E-state index contributed by atoms with van der Waals surface area (Å²) in [4.78, 5) is 25.2. The highest BCUT2D eigenvalue weighted by Crippen LogP contribution is 2.33. The zero-order chi connectivity index (χ0) is 16.0. The van der Waals surface area contributed by atoms with Crippen molar-refractivity contribution in [2.45, 2.75) is 52.5 Å². The Morgan fingerprint density at radius 2 is 1.96 bits per heavy atom. The molecule has 124 valence electrons. The van der Waals surface area contributed by atoms with E-state index in [1.807, 2.05) is 0 Å². The van der Waals surface area contributed by atoms with Crippen LogP contribution in [-0.4, -0.2) is 28.0 Å². The molecule has 0 bridgehead atoms. The Balaban J connectivity index is 1.65. The number of piperidine rings is 1. The molecule has 0 unspecified atom stereocenters. The van der Waals surface area contributed by atoms with Gasteiger partial charge in [-0.25, -0.2) is 4.98 Å². The molecule has 1 aliphatic carbocycles. The van der Waals surface area contributed by atoms with E-state index in [-0.39, 0.29) is 5.56 Å².